The molecule has 0 saturated carbocycles. The lowest BCUT2D eigenvalue weighted by molar-refractivity contribution is -0.144. The first kappa shape index (κ1) is 14.0. The molecule has 0 heterocycles. The zero-order valence-corrected chi connectivity index (χ0v) is 11.5. The second-order valence-electron chi connectivity index (χ2n) is 3.61. The highest BCUT2D eigenvalue weighted by Gasteiger charge is 2.36. The van der Waals surface area contributed by atoms with E-state index in [0.29, 0.717) is 10.6 Å². The summed E-state index contributed by atoms with van der Waals surface area (Å²) in [5, 5.41) is 12.5. The van der Waals surface area contributed by atoms with E-state index in [1.165, 1.54) is 6.92 Å². The Kier molecular flexibility index (Phi) is 4.58. The minimum absolute atomic E-state index is 0.148. The van der Waals surface area contributed by atoms with Crippen LogP contribution in [0.2, 0.25) is 5.02 Å². The van der Waals surface area contributed by atoms with E-state index in [-0.39, 0.29) is 6.54 Å². The van der Waals surface area contributed by atoms with E-state index in [4.69, 9.17) is 18.0 Å². The minimum Gasteiger partial charge on any atom is -0.480 e. The van der Waals surface area contributed by atoms with Crippen LogP contribution in [0.25, 0.3) is 0 Å². The highest BCUT2D eigenvalue weighted by atomic mass is 79.9. The van der Waals surface area contributed by atoms with Gasteiger partial charge in [-0.2, -0.15) is 0 Å². The molecule has 0 aliphatic heterocycles. The van der Waals surface area contributed by atoms with Gasteiger partial charge >= 0.3 is 5.97 Å². The number of carbonyl (C=O) groups is 1. The SMILES string of the molecule is C#CCNC(C)(C(=O)O)c1ccc(Br)cc1Cl. The van der Waals surface area contributed by atoms with Gasteiger partial charge in [0.15, 0.2) is 0 Å². The number of carboxylic acids is 1. The largest absolute Gasteiger partial charge is 0.480 e. The first-order chi connectivity index (χ1) is 7.91. The van der Waals surface area contributed by atoms with Crippen molar-refractivity contribution >= 4 is 33.5 Å². The quantitative estimate of drug-likeness (QED) is 0.840. The Balaban J connectivity index is 3.23. The van der Waals surface area contributed by atoms with E-state index < -0.39 is 11.5 Å². The van der Waals surface area contributed by atoms with E-state index in [0.717, 1.165) is 4.47 Å². The number of aliphatic carboxylic acids is 1. The van der Waals surface area contributed by atoms with Crippen LogP contribution in [-0.2, 0) is 10.3 Å². The molecule has 0 bridgehead atoms. The average molecular weight is 317 g/mol. The van der Waals surface area contributed by atoms with Crippen LogP contribution in [0.4, 0.5) is 0 Å². The van der Waals surface area contributed by atoms with Crippen LogP contribution in [0.15, 0.2) is 22.7 Å². The molecule has 0 aliphatic rings. The molecule has 0 radical (unpaired) electrons. The highest BCUT2D eigenvalue weighted by Crippen LogP contribution is 2.30. The summed E-state index contributed by atoms with van der Waals surface area (Å²) in [6.45, 7) is 1.68. The molecule has 1 aromatic rings. The zero-order chi connectivity index (χ0) is 13.1. The lowest BCUT2D eigenvalue weighted by atomic mass is 9.92. The topological polar surface area (TPSA) is 49.3 Å². The lowest BCUT2D eigenvalue weighted by Gasteiger charge is -2.27. The normalized spacial score (nSPS) is 13.8. The fourth-order valence-electron chi connectivity index (χ4n) is 1.41. The number of hydrogen-bond acceptors (Lipinski definition) is 2. The molecule has 5 heteroatoms. The molecule has 0 aliphatic carbocycles. The summed E-state index contributed by atoms with van der Waals surface area (Å²) < 4.78 is 0.788. The van der Waals surface area contributed by atoms with Crippen LogP contribution in [0, 0.1) is 12.3 Å². The van der Waals surface area contributed by atoms with Crippen molar-refractivity contribution in [3.8, 4) is 12.3 Å². The number of terminal acetylenes is 1. The molecule has 1 atom stereocenters. The van der Waals surface area contributed by atoms with Gasteiger partial charge in [-0.05, 0) is 19.1 Å². The molecule has 90 valence electrons. The van der Waals surface area contributed by atoms with Crippen molar-refractivity contribution in [2.24, 2.45) is 0 Å². The van der Waals surface area contributed by atoms with E-state index in [1.807, 2.05) is 0 Å². The first-order valence-electron chi connectivity index (χ1n) is 4.79. The van der Waals surface area contributed by atoms with Crippen molar-refractivity contribution in [2.45, 2.75) is 12.5 Å². The summed E-state index contributed by atoms with van der Waals surface area (Å²) in [5.74, 6) is 1.32. The van der Waals surface area contributed by atoms with Crippen molar-refractivity contribution in [2.75, 3.05) is 6.54 Å². The lowest BCUT2D eigenvalue weighted by Crippen LogP contribution is -2.47. The fourth-order valence-corrected chi connectivity index (χ4v) is 2.27. The first-order valence-corrected chi connectivity index (χ1v) is 5.96. The maximum absolute atomic E-state index is 11.4. The maximum Gasteiger partial charge on any atom is 0.328 e. The van der Waals surface area contributed by atoms with Gasteiger partial charge in [0, 0.05) is 15.1 Å². The van der Waals surface area contributed by atoms with E-state index in [2.05, 4.69) is 27.2 Å². The Labute approximate surface area is 113 Å². The molecule has 17 heavy (non-hydrogen) atoms. The highest BCUT2D eigenvalue weighted by molar-refractivity contribution is 9.10. The van der Waals surface area contributed by atoms with E-state index in [9.17, 15) is 9.90 Å². The predicted molar refractivity (Wildman–Crippen MR) is 71.0 cm³/mol. The van der Waals surface area contributed by atoms with Gasteiger partial charge in [0.1, 0.15) is 5.54 Å². The van der Waals surface area contributed by atoms with Crippen molar-refractivity contribution < 1.29 is 9.90 Å². The zero-order valence-electron chi connectivity index (χ0n) is 9.13. The molecular weight excluding hydrogens is 305 g/mol. The van der Waals surface area contributed by atoms with Crippen molar-refractivity contribution in [1.29, 1.82) is 0 Å². The van der Waals surface area contributed by atoms with Crippen LogP contribution >= 0.6 is 27.5 Å². The van der Waals surface area contributed by atoms with Gasteiger partial charge in [0.05, 0.1) is 6.54 Å². The third-order valence-corrected chi connectivity index (χ3v) is 3.25. The summed E-state index contributed by atoms with van der Waals surface area (Å²) in [7, 11) is 0. The van der Waals surface area contributed by atoms with E-state index in [1.54, 1.807) is 18.2 Å². The van der Waals surface area contributed by atoms with Crippen LogP contribution < -0.4 is 5.32 Å². The molecular formula is C12H11BrClNO2. The standard InChI is InChI=1S/C12H11BrClNO2/c1-3-6-15-12(2,11(16)17)9-5-4-8(13)7-10(9)14/h1,4-5,7,15H,6H2,2H3,(H,16,17). The Hall–Kier alpha value is -1.02. The summed E-state index contributed by atoms with van der Waals surface area (Å²) in [5.41, 5.74) is -0.824. The van der Waals surface area contributed by atoms with Crippen LogP contribution in [-0.4, -0.2) is 17.6 Å². The molecule has 3 nitrogen and oxygen atoms in total. The molecule has 2 N–H and O–H groups in total. The van der Waals surface area contributed by atoms with Crippen LogP contribution in [0.3, 0.4) is 0 Å². The summed E-state index contributed by atoms with van der Waals surface area (Å²) in [6, 6.07) is 5.04. The van der Waals surface area contributed by atoms with Crippen molar-refractivity contribution in [3.05, 3.63) is 33.3 Å². The fraction of sp³-hybridized carbons (Fsp3) is 0.250. The molecule has 0 amide bonds. The average Bonchev–Trinajstić information content (AvgIpc) is 2.25. The Morgan fingerprint density at radius 3 is 2.82 bits per heavy atom. The summed E-state index contributed by atoms with van der Waals surface area (Å²) >= 11 is 9.32. The Morgan fingerprint density at radius 1 is 1.71 bits per heavy atom. The molecule has 0 aromatic heterocycles. The van der Waals surface area contributed by atoms with Gasteiger partial charge in [-0.1, -0.05) is 39.5 Å². The smallest absolute Gasteiger partial charge is 0.328 e. The number of benzene rings is 1. The van der Waals surface area contributed by atoms with Gasteiger partial charge in [-0.25, -0.2) is 4.79 Å². The van der Waals surface area contributed by atoms with Gasteiger partial charge in [-0.3, -0.25) is 5.32 Å². The molecule has 1 unspecified atom stereocenters. The summed E-state index contributed by atoms with van der Waals surface area (Å²) in [4.78, 5) is 11.4. The Morgan fingerprint density at radius 2 is 2.35 bits per heavy atom. The van der Waals surface area contributed by atoms with Crippen LogP contribution in [0.1, 0.15) is 12.5 Å². The number of carboxylic acid groups (broad SMARTS) is 1. The third-order valence-electron chi connectivity index (χ3n) is 2.44. The van der Waals surface area contributed by atoms with Gasteiger partial charge < -0.3 is 5.11 Å². The van der Waals surface area contributed by atoms with Gasteiger partial charge in [-0.15, -0.1) is 6.42 Å². The van der Waals surface area contributed by atoms with Crippen molar-refractivity contribution in [3.63, 3.8) is 0 Å². The minimum atomic E-state index is -1.30. The molecule has 0 fully saturated rings. The second-order valence-corrected chi connectivity index (χ2v) is 4.93. The maximum atomic E-state index is 11.4. The van der Waals surface area contributed by atoms with Crippen LogP contribution in [0.5, 0.6) is 0 Å². The predicted octanol–water partition coefficient (Wildman–Crippen LogP) is 2.63. The number of nitrogens with one attached hydrogen (secondary N) is 1. The molecule has 1 aromatic carbocycles. The van der Waals surface area contributed by atoms with E-state index >= 15 is 0 Å². The number of hydrogen-bond donors (Lipinski definition) is 2. The summed E-state index contributed by atoms with van der Waals surface area (Å²) in [6.07, 6.45) is 5.13. The monoisotopic (exact) mass is 315 g/mol. The molecule has 1 rings (SSSR count). The number of halogens is 2. The number of rotatable bonds is 4. The van der Waals surface area contributed by atoms with Gasteiger partial charge in [0.25, 0.3) is 0 Å². The molecule has 0 saturated heterocycles. The third kappa shape index (κ3) is 3.01. The van der Waals surface area contributed by atoms with Crippen molar-refractivity contribution in [1.82, 2.24) is 5.32 Å². The second kappa shape index (κ2) is 5.54. The Bertz CT molecular complexity index is 484. The van der Waals surface area contributed by atoms with Gasteiger partial charge in [0.2, 0.25) is 0 Å². The molecule has 0 spiro atoms.